The molecule has 3 nitrogen and oxygen atoms in total. The van der Waals surface area contributed by atoms with Crippen LogP contribution >= 0.6 is 11.6 Å². The number of aryl methyl sites for hydroxylation is 1. The lowest BCUT2D eigenvalue weighted by Gasteiger charge is -2.21. The SMILES string of the molecule is Cc1cc(N(C)Cc2cccc(Cl)c2)ccc1C(=N)N. The van der Waals surface area contributed by atoms with E-state index in [1.807, 2.05) is 50.4 Å². The smallest absolute Gasteiger partial charge is 0.123 e. The van der Waals surface area contributed by atoms with E-state index in [1.165, 1.54) is 0 Å². The van der Waals surface area contributed by atoms with Crippen LogP contribution in [0.1, 0.15) is 16.7 Å². The van der Waals surface area contributed by atoms with Gasteiger partial charge >= 0.3 is 0 Å². The standard InChI is InChI=1S/C16H18ClN3/c1-11-8-14(6-7-15(11)16(18)19)20(2)10-12-4-3-5-13(17)9-12/h3-9H,10H2,1-2H3,(H3,18,19). The summed E-state index contributed by atoms with van der Waals surface area (Å²) in [6, 6.07) is 13.8. The van der Waals surface area contributed by atoms with Crippen molar-refractivity contribution in [2.45, 2.75) is 13.5 Å². The van der Waals surface area contributed by atoms with Crippen molar-refractivity contribution < 1.29 is 0 Å². The Labute approximate surface area is 124 Å². The average Bonchev–Trinajstić information content (AvgIpc) is 2.38. The summed E-state index contributed by atoms with van der Waals surface area (Å²) in [5.41, 5.74) is 9.58. The summed E-state index contributed by atoms with van der Waals surface area (Å²) >= 11 is 6.00. The largest absolute Gasteiger partial charge is 0.384 e. The van der Waals surface area contributed by atoms with E-state index in [-0.39, 0.29) is 5.84 Å². The maximum Gasteiger partial charge on any atom is 0.123 e. The summed E-state index contributed by atoms with van der Waals surface area (Å²) in [4.78, 5) is 2.14. The molecule has 2 rings (SSSR count). The Kier molecular flexibility index (Phi) is 4.30. The van der Waals surface area contributed by atoms with Gasteiger partial charge in [-0.1, -0.05) is 23.7 Å². The number of nitrogens with one attached hydrogen (secondary N) is 1. The van der Waals surface area contributed by atoms with Crippen LogP contribution in [0.15, 0.2) is 42.5 Å². The van der Waals surface area contributed by atoms with Gasteiger partial charge in [-0.05, 0) is 48.4 Å². The van der Waals surface area contributed by atoms with Crippen molar-refractivity contribution in [3.05, 3.63) is 64.2 Å². The fourth-order valence-corrected chi connectivity index (χ4v) is 2.40. The lowest BCUT2D eigenvalue weighted by atomic mass is 10.1. The minimum atomic E-state index is 0.103. The van der Waals surface area contributed by atoms with Crippen LogP contribution in [-0.4, -0.2) is 12.9 Å². The second-order valence-electron chi connectivity index (χ2n) is 4.90. The highest BCUT2D eigenvalue weighted by atomic mass is 35.5. The number of nitrogen functional groups attached to an aromatic ring is 1. The molecular formula is C16H18ClN3. The van der Waals surface area contributed by atoms with E-state index in [1.54, 1.807) is 0 Å². The van der Waals surface area contributed by atoms with Gasteiger partial charge < -0.3 is 10.6 Å². The monoisotopic (exact) mass is 287 g/mol. The Morgan fingerprint density at radius 3 is 2.60 bits per heavy atom. The first kappa shape index (κ1) is 14.4. The highest BCUT2D eigenvalue weighted by Crippen LogP contribution is 2.20. The van der Waals surface area contributed by atoms with Crippen molar-refractivity contribution in [1.29, 1.82) is 5.41 Å². The van der Waals surface area contributed by atoms with Crippen molar-refractivity contribution in [2.75, 3.05) is 11.9 Å². The zero-order valence-corrected chi connectivity index (χ0v) is 12.4. The molecule has 2 aromatic carbocycles. The summed E-state index contributed by atoms with van der Waals surface area (Å²) in [7, 11) is 2.03. The Morgan fingerprint density at radius 1 is 1.25 bits per heavy atom. The molecule has 0 saturated heterocycles. The second kappa shape index (κ2) is 5.97. The van der Waals surface area contributed by atoms with Crippen molar-refractivity contribution in [3.8, 4) is 0 Å². The van der Waals surface area contributed by atoms with Crippen LogP contribution in [0.25, 0.3) is 0 Å². The zero-order chi connectivity index (χ0) is 14.7. The van der Waals surface area contributed by atoms with Gasteiger partial charge in [0, 0.05) is 29.9 Å². The molecular weight excluding hydrogens is 270 g/mol. The van der Waals surface area contributed by atoms with E-state index >= 15 is 0 Å². The molecule has 3 N–H and O–H groups in total. The van der Waals surface area contributed by atoms with Gasteiger partial charge in [0.25, 0.3) is 0 Å². The summed E-state index contributed by atoms with van der Waals surface area (Å²) in [6.45, 7) is 2.74. The predicted octanol–water partition coefficient (Wildman–Crippen LogP) is 3.57. The Bertz CT molecular complexity index is 637. The van der Waals surface area contributed by atoms with Gasteiger partial charge in [0.15, 0.2) is 0 Å². The maximum absolute atomic E-state index is 7.51. The number of nitrogens with two attached hydrogens (primary N) is 1. The maximum atomic E-state index is 7.51. The number of rotatable bonds is 4. The molecule has 0 saturated carbocycles. The lowest BCUT2D eigenvalue weighted by molar-refractivity contribution is 0.922. The quantitative estimate of drug-likeness (QED) is 0.667. The fraction of sp³-hybridized carbons (Fsp3) is 0.188. The molecule has 0 unspecified atom stereocenters. The van der Waals surface area contributed by atoms with Gasteiger partial charge in [0.05, 0.1) is 0 Å². The molecule has 2 aromatic rings. The molecule has 0 aliphatic carbocycles. The molecule has 0 heterocycles. The van der Waals surface area contributed by atoms with Crippen LogP contribution in [0.4, 0.5) is 5.69 Å². The van der Waals surface area contributed by atoms with Crippen LogP contribution in [0.3, 0.4) is 0 Å². The molecule has 0 bridgehead atoms. The molecule has 20 heavy (non-hydrogen) atoms. The van der Waals surface area contributed by atoms with Crippen molar-refractivity contribution in [3.63, 3.8) is 0 Å². The zero-order valence-electron chi connectivity index (χ0n) is 11.7. The van der Waals surface area contributed by atoms with E-state index < -0.39 is 0 Å². The highest BCUT2D eigenvalue weighted by molar-refractivity contribution is 6.30. The van der Waals surface area contributed by atoms with Gasteiger partial charge in [-0.3, -0.25) is 5.41 Å². The first-order chi connectivity index (χ1) is 9.47. The van der Waals surface area contributed by atoms with Crippen LogP contribution in [0, 0.1) is 12.3 Å². The number of benzene rings is 2. The third kappa shape index (κ3) is 3.31. The van der Waals surface area contributed by atoms with E-state index in [2.05, 4.69) is 11.0 Å². The molecule has 0 radical (unpaired) electrons. The third-order valence-electron chi connectivity index (χ3n) is 3.25. The molecule has 0 spiro atoms. The van der Waals surface area contributed by atoms with Gasteiger partial charge in [0.1, 0.15) is 5.84 Å². The van der Waals surface area contributed by atoms with Gasteiger partial charge in [-0.15, -0.1) is 0 Å². The van der Waals surface area contributed by atoms with E-state index in [4.69, 9.17) is 22.7 Å². The lowest BCUT2D eigenvalue weighted by Crippen LogP contribution is -2.18. The minimum Gasteiger partial charge on any atom is -0.384 e. The second-order valence-corrected chi connectivity index (χ2v) is 5.34. The van der Waals surface area contributed by atoms with Crippen molar-refractivity contribution >= 4 is 23.1 Å². The Balaban J connectivity index is 2.19. The van der Waals surface area contributed by atoms with Gasteiger partial charge in [-0.25, -0.2) is 0 Å². The molecule has 0 aliphatic rings. The average molecular weight is 288 g/mol. The van der Waals surface area contributed by atoms with E-state index in [0.717, 1.165) is 33.9 Å². The van der Waals surface area contributed by atoms with Crippen LogP contribution in [0.2, 0.25) is 5.02 Å². The van der Waals surface area contributed by atoms with Crippen LogP contribution in [0.5, 0.6) is 0 Å². The summed E-state index contributed by atoms with van der Waals surface area (Å²) < 4.78 is 0. The number of hydrogen-bond acceptors (Lipinski definition) is 2. The topological polar surface area (TPSA) is 53.1 Å². The summed E-state index contributed by atoms with van der Waals surface area (Å²) in [5.74, 6) is 0.103. The minimum absolute atomic E-state index is 0.103. The molecule has 0 amide bonds. The van der Waals surface area contributed by atoms with E-state index in [0.29, 0.717) is 0 Å². The first-order valence-corrected chi connectivity index (χ1v) is 6.76. The Morgan fingerprint density at radius 2 is 2.00 bits per heavy atom. The molecule has 0 aliphatic heterocycles. The van der Waals surface area contributed by atoms with Crippen LogP contribution < -0.4 is 10.6 Å². The number of anilines is 1. The summed E-state index contributed by atoms with van der Waals surface area (Å²) in [6.07, 6.45) is 0. The van der Waals surface area contributed by atoms with Crippen LogP contribution in [-0.2, 0) is 6.54 Å². The van der Waals surface area contributed by atoms with Crippen molar-refractivity contribution in [1.82, 2.24) is 0 Å². The normalized spacial score (nSPS) is 10.3. The number of nitrogens with zero attached hydrogens (tertiary/aromatic N) is 1. The fourth-order valence-electron chi connectivity index (χ4n) is 2.19. The van der Waals surface area contributed by atoms with Gasteiger partial charge in [0.2, 0.25) is 0 Å². The first-order valence-electron chi connectivity index (χ1n) is 6.38. The van der Waals surface area contributed by atoms with E-state index in [9.17, 15) is 0 Å². The number of hydrogen-bond donors (Lipinski definition) is 2. The molecule has 104 valence electrons. The number of halogens is 1. The van der Waals surface area contributed by atoms with Gasteiger partial charge in [-0.2, -0.15) is 0 Å². The Hall–Kier alpha value is -2.00. The molecule has 0 atom stereocenters. The molecule has 0 aromatic heterocycles. The van der Waals surface area contributed by atoms with Crippen molar-refractivity contribution in [2.24, 2.45) is 5.73 Å². The highest BCUT2D eigenvalue weighted by Gasteiger charge is 2.07. The third-order valence-corrected chi connectivity index (χ3v) is 3.48. The number of amidine groups is 1. The molecule has 4 heteroatoms. The predicted molar refractivity (Wildman–Crippen MR) is 85.8 cm³/mol. The summed E-state index contributed by atoms with van der Waals surface area (Å²) in [5, 5.41) is 8.26. The molecule has 0 fully saturated rings.